The summed E-state index contributed by atoms with van der Waals surface area (Å²) in [5, 5.41) is 0. The molecule has 3 heteroatoms. The lowest BCUT2D eigenvalue weighted by Gasteiger charge is -2.58. The van der Waals surface area contributed by atoms with Gasteiger partial charge >= 0.3 is 0 Å². The molecule has 3 nitrogen and oxygen atoms in total. The Bertz CT molecular complexity index is 758. The molecule has 0 spiro atoms. The Morgan fingerprint density at radius 1 is 1.19 bits per heavy atom. The second-order valence-electron chi connectivity index (χ2n) is 12.5. The topological polar surface area (TPSA) is 27.7 Å². The Balaban J connectivity index is 1.31. The van der Waals surface area contributed by atoms with Crippen LogP contribution in [0.3, 0.4) is 0 Å². The van der Waals surface area contributed by atoms with Crippen LogP contribution in [0, 0.1) is 40.4 Å². The third-order valence-corrected chi connectivity index (χ3v) is 10.9. The van der Waals surface area contributed by atoms with E-state index in [2.05, 4.69) is 33.4 Å². The van der Waals surface area contributed by atoms with Gasteiger partial charge in [0.05, 0.1) is 18.3 Å². The second kappa shape index (κ2) is 8.54. The third kappa shape index (κ3) is 3.48. The molecule has 0 aromatic rings. The van der Waals surface area contributed by atoms with E-state index in [1.165, 1.54) is 44.1 Å². The second-order valence-corrected chi connectivity index (χ2v) is 12.5. The van der Waals surface area contributed by atoms with Crippen LogP contribution in [0.4, 0.5) is 0 Å². The Labute approximate surface area is 196 Å². The van der Waals surface area contributed by atoms with Crippen LogP contribution in [-0.4, -0.2) is 39.1 Å². The van der Waals surface area contributed by atoms with Crippen LogP contribution in [0.2, 0.25) is 0 Å². The fraction of sp³-hybridized carbons (Fsp3) is 0.862. The molecule has 0 bridgehead atoms. The minimum atomic E-state index is 0.263. The number of rotatable bonds is 6. The van der Waals surface area contributed by atoms with Gasteiger partial charge in [0.25, 0.3) is 0 Å². The number of hydrogen-bond acceptors (Lipinski definition) is 3. The molecule has 0 N–H and O–H groups in total. The van der Waals surface area contributed by atoms with Gasteiger partial charge in [-0.1, -0.05) is 39.0 Å². The molecule has 10 atom stereocenters. The van der Waals surface area contributed by atoms with E-state index in [1.54, 1.807) is 12.7 Å². The zero-order valence-electron chi connectivity index (χ0n) is 21.2. The number of hydrogen-bond donors (Lipinski definition) is 0. The van der Waals surface area contributed by atoms with Gasteiger partial charge in [-0.3, -0.25) is 0 Å². The lowest BCUT2D eigenvalue weighted by Crippen LogP contribution is -2.50. The van der Waals surface area contributed by atoms with Crippen LogP contribution in [-0.2, 0) is 14.2 Å². The first-order valence-electron chi connectivity index (χ1n) is 13.4. The van der Waals surface area contributed by atoms with Gasteiger partial charge in [0, 0.05) is 26.7 Å². The molecule has 0 aromatic heterocycles. The van der Waals surface area contributed by atoms with Crippen molar-refractivity contribution < 1.29 is 14.2 Å². The average Bonchev–Trinajstić information content (AvgIpc) is 3.25. The van der Waals surface area contributed by atoms with Crippen LogP contribution < -0.4 is 0 Å². The largest absolute Gasteiger partial charge is 0.384 e. The van der Waals surface area contributed by atoms with Gasteiger partial charge in [0.15, 0.2) is 0 Å². The van der Waals surface area contributed by atoms with E-state index in [0.29, 0.717) is 34.9 Å². The summed E-state index contributed by atoms with van der Waals surface area (Å²) in [5.74, 6) is 3.61. The van der Waals surface area contributed by atoms with Gasteiger partial charge in [-0.2, -0.15) is 0 Å². The van der Waals surface area contributed by atoms with E-state index in [-0.39, 0.29) is 6.10 Å². The molecule has 1 heterocycles. The molecule has 3 saturated carbocycles. The van der Waals surface area contributed by atoms with E-state index in [0.717, 1.165) is 43.6 Å². The van der Waals surface area contributed by atoms with Gasteiger partial charge in [-0.15, -0.1) is 0 Å². The van der Waals surface area contributed by atoms with Crippen LogP contribution in [0.25, 0.3) is 0 Å². The smallest absolute Gasteiger partial charge is 0.0790 e. The maximum absolute atomic E-state index is 6.75. The predicted molar refractivity (Wildman–Crippen MR) is 129 cm³/mol. The van der Waals surface area contributed by atoms with Crippen LogP contribution in [0.5, 0.6) is 0 Å². The third-order valence-electron chi connectivity index (χ3n) is 10.9. The fourth-order valence-corrected chi connectivity index (χ4v) is 9.17. The van der Waals surface area contributed by atoms with Crippen molar-refractivity contribution in [2.75, 3.05) is 20.8 Å². The van der Waals surface area contributed by atoms with Crippen molar-refractivity contribution in [2.24, 2.45) is 40.4 Å². The van der Waals surface area contributed by atoms with Gasteiger partial charge in [-0.05, 0) is 97.9 Å². The molecule has 180 valence electrons. The van der Waals surface area contributed by atoms with Crippen molar-refractivity contribution >= 4 is 0 Å². The van der Waals surface area contributed by atoms with Gasteiger partial charge in [-0.25, -0.2) is 0 Å². The lowest BCUT2D eigenvalue weighted by molar-refractivity contribution is -0.0497. The number of fused-ring (bicyclic) bond motifs is 7. The molecule has 5 aliphatic rings. The van der Waals surface area contributed by atoms with Gasteiger partial charge in [0.2, 0.25) is 0 Å². The zero-order chi connectivity index (χ0) is 22.7. The number of ether oxygens (including phenoxy) is 3. The fourth-order valence-electron chi connectivity index (χ4n) is 9.17. The van der Waals surface area contributed by atoms with Crippen LogP contribution in [0.15, 0.2) is 23.8 Å². The molecule has 3 unspecified atom stereocenters. The van der Waals surface area contributed by atoms with Crippen molar-refractivity contribution in [1.82, 2.24) is 0 Å². The Hall–Kier alpha value is -0.640. The molecular weight excluding hydrogens is 396 g/mol. The molecule has 1 aliphatic heterocycles. The average molecular weight is 443 g/mol. The normalized spacial score (nSPS) is 48.5. The SMILES string of the molecule is C=C1C(CCC(C)COC)O[C@H]2C[C@H]3[C@@H]4CC=C5CC(OC)CC[C@]5(C)[C@H]4CC[C@]3(C)[C@@H]12. The summed E-state index contributed by atoms with van der Waals surface area (Å²) >= 11 is 0. The molecule has 0 radical (unpaired) electrons. The molecule has 4 fully saturated rings. The minimum absolute atomic E-state index is 0.263. The first-order valence-corrected chi connectivity index (χ1v) is 13.4. The molecule has 4 aliphatic carbocycles. The van der Waals surface area contributed by atoms with Crippen molar-refractivity contribution in [3.8, 4) is 0 Å². The summed E-state index contributed by atoms with van der Waals surface area (Å²) in [7, 11) is 3.69. The maximum Gasteiger partial charge on any atom is 0.0790 e. The molecule has 0 aromatic carbocycles. The zero-order valence-corrected chi connectivity index (χ0v) is 21.2. The molecule has 5 rings (SSSR count). The standard InChI is InChI=1S/C29H46O3/c1-18(17-30-5)7-10-25-19(2)27-26(32-25)16-24-22-9-8-20-15-21(31-6)11-13-28(20,3)23(22)12-14-29(24,27)4/h8,18,21-27H,2,7,9-17H2,1,3-6H3/t18?,21?,22-,23+,24+,25?,26+,27+,28+,29+/m1/s1. The van der Waals surface area contributed by atoms with Crippen molar-refractivity contribution in [3.05, 3.63) is 23.8 Å². The maximum atomic E-state index is 6.75. The van der Waals surface area contributed by atoms with Crippen molar-refractivity contribution in [1.29, 1.82) is 0 Å². The van der Waals surface area contributed by atoms with E-state index in [9.17, 15) is 0 Å². The summed E-state index contributed by atoms with van der Waals surface area (Å²) in [6, 6.07) is 0. The highest BCUT2D eigenvalue weighted by Gasteiger charge is 2.64. The van der Waals surface area contributed by atoms with E-state index >= 15 is 0 Å². The van der Waals surface area contributed by atoms with Crippen molar-refractivity contribution in [2.45, 2.75) is 96.9 Å². The lowest BCUT2D eigenvalue weighted by atomic mass is 9.47. The van der Waals surface area contributed by atoms with E-state index in [1.807, 2.05) is 7.11 Å². The van der Waals surface area contributed by atoms with Gasteiger partial charge < -0.3 is 14.2 Å². The Morgan fingerprint density at radius 3 is 2.75 bits per heavy atom. The minimum Gasteiger partial charge on any atom is -0.384 e. The summed E-state index contributed by atoms with van der Waals surface area (Å²) in [5.41, 5.74) is 3.90. The van der Waals surface area contributed by atoms with Gasteiger partial charge in [0.1, 0.15) is 0 Å². The van der Waals surface area contributed by atoms with E-state index < -0.39 is 0 Å². The highest BCUT2D eigenvalue weighted by Crippen LogP contribution is 2.69. The monoisotopic (exact) mass is 442 g/mol. The van der Waals surface area contributed by atoms with E-state index in [4.69, 9.17) is 14.2 Å². The van der Waals surface area contributed by atoms with Crippen LogP contribution >= 0.6 is 0 Å². The highest BCUT2D eigenvalue weighted by molar-refractivity contribution is 5.29. The number of methoxy groups -OCH3 is 2. The Kier molecular flexibility index (Phi) is 6.17. The van der Waals surface area contributed by atoms with Crippen LogP contribution in [0.1, 0.15) is 78.6 Å². The molecule has 32 heavy (non-hydrogen) atoms. The summed E-state index contributed by atoms with van der Waals surface area (Å²) in [4.78, 5) is 0. The predicted octanol–water partition coefficient (Wildman–Crippen LogP) is 6.58. The molecule has 1 saturated heterocycles. The first kappa shape index (κ1) is 23.1. The number of allylic oxidation sites excluding steroid dienone is 1. The summed E-state index contributed by atoms with van der Waals surface area (Å²) < 4.78 is 17.8. The van der Waals surface area contributed by atoms with Crippen molar-refractivity contribution in [3.63, 3.8) is 0 Å². The molecule has 0 amide bonds. The quantitative estimate of drug-likeness (QED) is 0.435. The summed E-state index contributed by atoms with van der Waals surface area (Å²) in [6.45, 7) is 13.0. The Morgan fingerprint density at radius 2 is 2.00 bits per heavy atom. The first-order chi connectivity index (χ1) is 15.3. The molecular formula is C29H46O3. The summed E-state index contributed by atoms with van der Waals surface area (Å²) in [6.07, 6.45) is 15.0. The highest BCUT2D eigenvalue weighted by atomic mass is 16.5.